The van der Waals surface area contributed by atoms with Gasteiger partial charge in [-0.05, 0) is 37.1 Å². The summed E-state index contributed by atoms with van der Waals surface area (Å²) in [6, 6.07) is 4.93. The number of nitro groups is 2. The summed E-state index contributed by atoms with van der Waals surface area (Å²) in [5.74, 6) is -1.69. The molecule has 186 valence electrons. The van der Waals surface area contributed by atoms with Gasteiger partial charge in [0.05, 0.1) is 28.1 Å². The third-order valence-electron chi connectivity index (χ3n) is 4.35. The number of aryl methyl sites for hydroxylation is 2. The van der Waals surface area contributed by atoms with Crippen molar-refractivity contribution in [2.45, 2.75) is 13.8 Å². The molecule has 0 unspecified atom stereocenters. The molecule has 0 aliphatic rings. The molecule has 0 amide bonds. The van der Waals surface area contributed by atoms with Gasteiger partial charge in [-0.3, -0.25) is 20.2 Å². The molecule has 0 aliphatic carbocycles. The number of carbonyl (C=O) groups is 2. The fourth-order valence-electron chi connectivity index (χ4n) is 2.71. The molecule has 0 heterocycles. The Morgan fingerprint density at radius 3 is 1.63 bits per heavy atom. The highest BCUT2D eigenvalue weighted by molar-refractivity contribution is 5.92. The Hall–Kier alpha value is -4.74. The summed E-state index contributed by atoms with van der Waals surface area (Å²) in [5.41, 5.74) is 0.351. The van der Waals surface area contributed by atoms with Gasteiger partial charge in [0.1, 0.15) is 13.2 Å². The molecule has 2 aromatic rings. The molecule has 12 nitrogen and oxygen atoms in total. The molecule has 0 saturated carbocycles. The Balaban J connectivity index is 0.000000351. The molecular weight excluding hydrogens is 464 g/mol. The Labute approximate surface area is 200 Å². The van der Waals surface area contributed by atoms with Crippen molar-refractivity contribution in [2.24, 2.45) is 0 Å². The van der Waals surface area contributed by atoms with Gasteiger partial charge in [0.15, 0.2) is 11.5 Å². The van der Waals surface area contributed by atoms with E-state index in [0.717, 1.165) is 12.1 Å². The van der Waals surface area contributed by atoms with Crippen LogP contribution in [0.25, 0.3) is 0 Å². The maximum absolute atomic E-state index is 11.4. The highest BCUT2D eigenvalue weighted by Crippen LogP contribution is 2.31. The maximum atomic E-state index is 11.4. The highest BCUT2D eigenvalue weighted by Gasteiger charge is 2.22. The van der Waals surface area contributed by atoms with Gasteiger partial charge in [-0.25, -0.2) is 9.59 Å². The lowest BCUT2D eigenvalue weighted by molar-refractivity contribution is -0.386. The van der Waals surface area contributed by atoms with Crippen LogP contribution in [0, 0.1) is 34.1 Å². The van der Waals surface area contributed by atoms with Gasteiger partial charge < -0.3 is 19.3 Å². The lowest BCUT2D eigenvalue weighted by Gasteiger charge is -2.08. The van der Waals surface area contributed by atoms with E-state index in [-0.39, 0.29) is 47.2 Å². The zero-order valence-electron chi connectivity index (χ0n) is 19.3. The summed E-state index contributed by atoms with van der Waals surface area (Å²) in [6.07, 6.45) is 2.93. The third kappa shape index (κ3) is 7.67. The topological polar surface area (TPSA) is 168 Å². The third-order valence-corrected chi connectivity index (χ3v) is 4.35. The van der Waals surface area contributed by atoms with E-state index >= 15 is 0 Å². The van der Waals surface area contributed by atoms with Crippen LogP contribution in [0.1, 0.15) is 31.8 Å². The molecular formula is C23H24N2O10. The lowest BCUT2D eigenvalue weighted by Crippen LogP contribution is -2.06. The fraction of sp³-hybridized carbons (Fsp3) is 0.217. The van der Waals surface area contributed by atoms with Crippen molar-refractivity contribution in [1.29, 1.82) is 0 Å². The second-order valence-corrected chi connectivity index (χ2v) is 6.78. The molecule has 0 atom stereocenters. The van der Waals surface area contributed by atoms with Gasteiger partial charge in [-0.2, -0.15) is 0 Å². The minimum atomic E-state index is -1.21. The van der Waals surface area contributed by atoms with E-state index in [1.54, 1.807) is 13.8 Å². The maximum Gasteiger partial charge on any atom is 0.338 e. The van der Waals surface area contributed by atoms with E-state index < -0.39 is 21.8 Å². The Morgan fingerprint density at radius 2 is 1.29 bits per heavy atom. The van der Waals surface area contributed by atoms with Crippen molar-refractivity contribution in [3.05, 3.63) is 92.1 Å². The predicted molar refractivity (Wildman–Crippen MR) is 125 cm³/mol. The summed E-state index contributed by atoms with van der Waals surface area (Å²) in [4.78, 5) is 42.7. The molecule has 1 N–H and O–H groups in total. The Morgan fingerprint density at radius 1 is 0.886 bits per heavy atom. The molecule has 0 saturated heterocycles. The summed E-state index contributed by atoms with van der Waals surface area (Å²) in [5, 5.41) is 30.5. The lowest BCUT2D eigenvalue weighted by atomic mass is 10.1. The van der Waals surface area contributed by atoms with E-state index in [1.165, 1.54) is 31.4 Å². The molecule has 2 rings (SSSR count). The summed E-state index contributed by atoms with van der Waals surface area (Å²) < 4.78 is 14.8. The van der Waals surface area contributed by atoms with Gasteiger partial charge in [0.25, 0.3) is 0 Å². The molecule has 35 heavy (non-hydrogen) atoms. The van der Waals surface area contributed by atoms with Crippen molar-refractivity contribution in [3.8, 4) is 11.5 Å². The number of esters is 1. The smallest absolute Gasteiger partial charge is 0.338 e. The molecule has 0 aromatic heterocycles. The van der Waals surface area contributed by atoms with E-state index in [1.807, 2.05) is 0 Å². The monoisotopic (exact) mass is 488 g/mol. The van der Waals surface area contributed by atoms with Gasteiger partial charge in [0.2, 0.25) is 0 Å². The average Bonchev–Trinajstić information content (AvgIpc) is 2.80. The number of rotatable bonds is 10. The van der Waals surface area contributed by atoms with Gasteiger partial charge >= 0.3 is 23.3 Å². The number of carboxylic acid groups (broad SMARTS) is 1. The second kappa shape index (κ2) is 13.1. The first-order valence-corrected chi connectivity index (χ1v) is 9.85. The van der Waals surface area contributed by atoms with Crippen LogP contribution in [0.2, 0.25) is 0 Å². The zero-order chi connectivity index (χ0) is 26.7. The van der Waals surface area contributed by atoms with Crippen molar-refractivity contribution in [3.63, 3.8) is 0 Å². The van der Waals surface area contributed by atoms with E-state index in [9.17, 15) is 29.8 Å². The molecule has 12 heteroatoms. The van der Waals surface area contributed by atoms with Crippen LogP contribution in [0.4, 0.5) is 11.4 Å². The van der Waals surface area contributed by atoms with Gasteiger partial charge in [-0.1, -0.05) is 25.3 Å². The summed E-state index contributed by atoms with van der Waals surface area (Å²) in [6.45, 7) is 10.4. The van der Waals surface area contributed by atoms with Gasteiger partial charge in [-0.15, -0.1) is 0 Å². The first-order chi connectivity index (χ1) is 16.5. The quantitative estimate of drug-likeness (QED) is 0.219. The minimum Gasteiger partial charge on any atom is -0.483 e. The molecule has 0 fully saturated rings. The number of hydrogen-bond acceptors (Lipinski definition) is 9. The SMILES string of the molecule is C=CCOc1cc(C)c(C(=O)O)cc1[N+](=O)[O-].C=CCOc1cc(C)c(C(=O)OC)cc1[N+](=O)[O-]. The Kier molecular flexibility index (Phi) is 10.6. The first-order valence-electron chi connectivity index (χ1n) is 9.85. The zero-order valence-corrected chi connectivity index (χ0v) is 19.3. The van der Waals surface area contributed by atoms with Crippen LogP contribution in [-0.4, -0.2) is 47.2 Å². The normalized spacial score (nSPS) is 9.69. The summed E-state index contributed by atoms with van der Waals surface area (Å²) in [7, 11) is 1.22. The number of methoxy groups -OCH3 is 1. The van der Waals surface area contributed by atoms with Crippen LogP contribution < -0.4 is 9.47 Å². The van der Waals surface area contributed by atoms with Crippen LogP contribution in [0.15, 0.2) is 49.6 Å². The molecule has 2 aromatic carbocycles. The van der Waals surface area contributed by atoms with Crippen molar-refractivity contribution in [2.75, 3.05) is 20.3 Å². The average molecular weight is 488 g/mol. The minimum absolute atomic E-state index is 0.0393. The number of aromatic carboxylic acids is 1. The predicted octanol–water partition coefficient (Wildman–Crippen LogP) is 4.42. The van der Waals surface area contributed by atoms with Crippen LogP contribution in [0.3, 0.4) is 0 Å². The standard InChI is InChI=1S/C12H13NO5.C11H11NO5/c1-4-5-18-11-6-8(2)9(12(14)17-3)7-10(11)13(15)16;1-3-4-17-10-5-7(2)8(11(13)14)6-9(10)12(15)16/h4,6-7H,1,5H2,2-3H3;3,5-6H,1,4H2,2H3,(H,13,14). The van der Waals surface area contributed by atoms with Gasteiger partial charge in [0, 0.05) is 12.1 Å². The van der Waals surface area contributed by atoms with E-state index in [2.05, 4.69) is 17.9 Å². The number of ether oxygens (including phenoxy) is 3. The second-order valence-electron chi connectivity index (χ2n) is 6.78. The van der Waals surface area contributed by atoms with E-state index in [4.69, 9.17) is 14.6 Å². The molecule has 0 aliphatic heterocycles. The molecule has 0 spiro atoms. The van der Waals surface area contributed by atoms with Crippen LogP contribution >= 0.6 is 0 Å². The van der Waals surface area contributed by atoms with Crippen molar-refractivity contribution >= 4 is 23.3 Å². The fourth-order valence-corrected chi connectivity index (χ4v) is 2.71. The number of hydrogen-bond donors (Lipinski definition) is 1. The molecule has 0 radical (unpaired) electrons. The van der Waals surface area contributed by atoms with Crippen molar-refractivity contribution < 1.29 is 38.8 Å². The van der Waals surface area contributed by atoms with Crippen LogP contribution in [0.5, 0.6) is 11.5 Å². The number of benzene rings is 2. The first kappa shape index (κ1) is 28.3. The Bertz CT molecular complexity index is 1160. The number of nitro benzene ring substituents is 2. The summed E-state index contributed by atoms with van der Waals surface area (Å²) >= 11 is 0. The number of carbonyl (C=O) groups excluding carboxylic acids is 1. The highest BCUT2D eigenvalue weighted by atomic mass is 16.6. The molecule has 0 bridgehead atoms. The van der Waals surface area contributed by atoms with Crippen LogP contribution in [-0.2, 0) is 4.74 Å². The largest absolute Gasteiger partial charge is 0.483 e. The number of nitrogens with zero attached hydrogens (tertiary/aromatic N) is 2. The van der Waals surface area contributed by atoms with E-state index in [0.29, 0.717) is 11.1 Å². The number of carboxylic acids is 1. The van der Waals surface area contributed by atoms with Crippen molar-refractivity contribution in [1.82, 2.24) is 0 Å².